The Balaban J connectivity index is 1.68. The highest BCUT2D eigenvalue weighted by atomic mass is 19.4. The van der Waals surface area contributed by atoms with Crippen LogP contribution in [0.2, 0.25) is 0 Å². The second-order valence-corrected chi connectivity index (χ2v) is 9.46. The minimum Gasteiger partial charge on any atom is -0.343 e. The molecule has 2 aliphatic rings. The second-order valence-electron chi connectivity index (χ2n) is 9.46. The molecular formula is C24H36F3N3O. The lowest BCUT2D eigenvalue weighted by atomic mass is 9.86. The maximum atomic E-state index is 13.0. The van der Waals surface area contributed by atoms with E-state index < -0.39 is 11.7 Å². The first kappa shape index (κ1) is 24.1. The number of piperidine rings is 1. The SMILES string of the molecule is CCCC(c1ccc(C(F)(F)F)cc1)N1CCN(C2(C)CCN(C(C)=O)CC2)CC1C. The van der Waals surface area contributed by atoms with Crippen LogP contribution >= 0.6 is 0 Å². The molecule has 1 aromatic carbocycles. The second kappa shape index (κ2) is 9.49. The highest BCUT2D eigenvalue weighted by Crippen LogP contribution is 2.36. The van der Waals surface area contributed by atoms with Crippen LogP contribution in [0.3, 0.4) is 0 Å². The smallest absolute Gasteiger partial charge is 0.343 e. The molecular weight excluding hydrogens is 403 g/mol. The Morgan fingerprint density at radius 2 is 1.74 bits per heavy atom. The monoisotopic (exact) mass is 439 g/mol. The molecule has 2 saturated heterocycles. The van der Waals surface area contributed by atoms with E-state index in [1.807, 2.05) is 4.90 Å². The van der Waals surface area contributed by atoms with Crippen molar-refractivity contribution in [3.63, 3.8) is 0 Å². The molecule has 174 valence electrons. The van der Waals surface area contributed by atoms with Gasteiger partial charge in [-0.15, -0.1) is 0 Å². The predicted molar refractivity (Wildman–Crippen MR) is 117 cm³/mol. The van der Waals surface area contributed by atoms with Gasteiger partial charge in [0.15, 0.2) is 0 Å². The maximum Gasteiger partial charge on any atom is 0.416 e. The highest BCUT2D eigenvalue weighted by Gasteiger charge is 2.40. The van der Waals surface area contributed by atoms with Gasteiger partial charge in [0.1, 0.15) is 0 Å². The summed E-state index contributed by atoms with van der Waals surface area (Å²) in [4.78, 5) is 18.6. The Morgan fingerprint density at radius 3 is 2.23 bits per heavy atom. The first-order valence-corrected chi connectivity index (χ1v) is 11.5. The number of alkyl halides is 3. The summed E-state index contributed by atoms with van der Waals surface area (Å²) in [5.41, 5.74) is 0.478. The predicted octanol–water partition coefficient (Wildman–Crippen LogP) is 4.95. The van der Waals surface area contributed by atoms with Gasteiger partial charge in [0.25, 0.3) is 0 Å². The molecule has 2 heterocycles. The van der Waals surface area contributed by atoms with E-state index >= 15 is 0 Å². The van der Waals surface area contributed by atoms with Crippen LogP contribution in [0.25, 0.3) is 0 Å². The van der Waals surface area contributed by atoms with Crippen molar-refractivity contribution in [3.05, 3.63) is 35.4 Å². The zero-order valence-corrected chi connectivity index (χ0v) is 19.2. The van der Waals surface area contributed by atoms with E-state index in [1.165, 1.54) is 12.1 Å². The summed E-state index contributed by atoms with van der Waals surface area (Å²) >= 11 is 0. The van der Waals surface area contributed by atoms with Crippen LogP contribution in [0.15, 0.2) is 24.3 Å². The molecule has 3 rings (SSSR count). The van der Waals surface area contributed by atoms with Crippen molar-refractivity contribution >= 4 is 5.91 Å². The number of carbonyl (C=O) groups is 1. The van der Waals surface area contributed by atoms with Crippen LogP contribution in [-0.2, 0) is 11.0 Å². The van der Waals surface area contributed by atoms with Crippen molar-refractivity contribution in [2.24, 2.45) is 0 Å². The molecule has 1 amide bonds. The van der Waals surface area contributed by atoms with Crippen molar-refractivity contribution in [2.75, 3.05) is 32.7 Å². The summed E-state index contributed by atoms with van der Waals surface area (Å²) in [6.07, 6.45) is -0.421. The zero-order chi connectivity index (χ0) is 22.8. The number of hydrogen-bond donors (Lipinski definition) is 0. The number of nitrogens with zero attached hydrogens (tertiary/aromatic N) is 3. The van der Waals surface area contributed by atoms with Gasteiger partial charge in [0, 0.05) is 57.3 Å². The fraction of sp³-hybridized carbons (Fsp3) is 0.708. The standard InChI is InChI=1S/C24H36F3N3O/c1-5-6-22(20-7-9-21(10-8-20)24(25,26)27)30-16-15-29(17-18(30)2)23(4)11-13-28(14-12-23)19(3)31/h7-10,18,22H,5-6,11-17H2,1-4H3. The van der Waals surface area contributed by atoms with Crippen molar-refractivity contribution in [2.45, 2.75) is 77.2 Å². The third-order valence-corrected chi connectivity index (χ3v) is 7.31. The molecule has 7 heteroatoms. The van der Waals surface area contributed by atoms with Crippen LogP contribution in [0.4, 0.5) is 13.2 Å². The quantitative estimate of drug-likeness (QED) is 0.649. The summed E-state index contributed by atoms with van der Waals surface area (Å²) in [5, 5.41) is 0. The number of halogens is 3. The van der Waals surface area contributed by atoms with E-state index in [1.54, 1.807) is 19.1 Å². The molecule has 2 unspecified atom stereocenters. The summed E-state index contributed by atoms with van der Waals surface area (Å²) in [6.45, 7) is 12.7. The number of likely N-dealkylation sites (tertiary alicyclic amines) is 1. The average molecular weight is 440 g/mol. The van der Waals surface area contributed by atoms with Crippen LogP contribution in [-0.4, -0.2) is 64.9 Å². The normalized spacial score (nSPS) is 24.2. The molecule has 2 aliphatic heterocycles. The lowest BCUT2D eigenvalue weighted by Gasteiger charge is -2.53. The number of carbonyl (C=O) groups excluding carboxylic acids is 1. The van der Waals surface area contributed by atoms with Crippen LogP contribution < -0.4 is 0 Å². The van der Waals surface area contributed by atoms with Crippen molar-refractivity contribution < 1.29 is 18.0 Å². The number of rotatable bonds is 5. The molecule has 0 N–H and O–H groups in total. The Labute approximate surface area is 184 Å². The van der Waals surface area contributed by atoms with Crippen molar-refractivity contribution in [1.29, 1.82) is 0 Å². The number of benzene rings is 1. The topological polar surface area (TPSA) is 26.8 Å². The van der Waals surface area contributed by atoms with Gasteiger partial charge in [-0.1, -0.05) is 25.5 Å². The Hall–Kier alpha value is -1.60. The molecule has 2 fully saturated rings. The molecule has 0 spiro atoms. The van der Waals surface area contributed by atoms with Crippen molar-refractivity contribution in [3.8, 4) is 0 Å². The minimum atomic E-state index is -4.30. The van der Waals surface area contributed by atoms with E-state index in [2.05, 4.69) is 30.6 Å². The van der Waals surface area contributed by atoms with E-state index in [0.717, 1.165) is 64.0 Å². The lowest BCUT2D eigenvalue weighted by molar-refractivity contribution is -0.137. The molecule has 2 atom stereocenters. The maximum absolute atomic E-state index is 13.0. The number of hydrogen-bond acceptors (Lipinski definition) is 3. The van der Waals surface area contributed by atoms with Crippen molar-refractivity contribution in [1.82, 2.24) is 14.7 Å². The first-order chi connectivity index (χ1) is 14.5. The summed E-state index contributed by atoms with van der Waals surface area (Å²) in [5.74, 6) is 0.152. The van der Waals surface area contributed by atoms with Gasteiger partial charge >= 0.3 is 6.18 Å². The van der Waals surface area contributed by atoms with Crippen LogP contribution in [0.1, 0.15) is 70.5 Å². The first-order valence-electron chi connectivity index (χ1n) is 11.5. The van der Waals surface area contributed by atoms with Gasteiger partial charge in [0.05, 0.1) is 5.56 Å². The minimum absolute atomic E-state index is 0.0981. The molecule has 0 bridgehead atoms. The van der Waals surface area contributed by atoms with Gasteiger partial charge in [-0.25, -0.2) is 0 Å². The summed E-state index contributed by atoms with van der Waals surface area (Å²) in [7, 11) is 0. The lowest BCUT2D eigenvalue weighted by Crippen LogP contribution is -2.62. The van der Waals surface area contributed by atoms with Gasteiger partial charge in [-0.3, -0.25) is 14.6 Å². The molecule has 31 heavy (non-hydrogen) atoms. The van der Waals surface area contributed by atoms with Crippen LogP contribution in [0, 0.1) is 0 Å². The van der Waals surface area contributed by atoms with E-state index in [-0.39, 0.29) is 17.5 Å². The largest absolute Gasteiger partial charge is 0.416 e. The van der Waals surface area contributed by atoms with E-state index in [4.69, 9.17) is 0 Å². The summed E-state index contributed by atoms with van der Waals surface area (Å²) in [6, 6.07) is 6.18. The molecule has 0 aromatic heterocycles. The fourth-order valence-electron chi connectivity index (χ4n) is 5.24. The number of amides is 1. The van der Waals surface area contributed by atoms with Gasteiger partial charge < -0.3 is 4.90 Å². The molecule has 4 nitrogen and oxygen atoms in total. The van der Waals surface area contributed by atoms with Gasteiger partial charge in [-0.05, 0) is 50.8 Å². The fourth-order valence-corrected chi connectivity index (χ4v) is 5.24. The molecule has 1 aromatic rings. The third-order valence-electron chi connectivity index (χ3n) is 7.31. The average Bonchev–Trinajstić information content (AvgIpc) is 2.72. The molecule has 0 radical (unpaired) electrons. The number of piperazine rings is 1. The Morgan fingerprint density at radius 1 is 1.13 bits per heavy atom. The van der Waals surface area contributed by atoms with Gasteiger partial charge in [-0.2, -0.15) is 13.2 Å². The summed E-state index contributed by atoms with van der Waals surface area (Å²) < 4.78 is 38.9. The Bertz CT molecular complexity index is 741. The van der Waals surface area contributed by atoms with E-state index in [0.29, 0.717) is 6.04 Å². The third kappa shape index (κ3) is 5.43. The zero-order valence-electron chi connectivity index (χ0n) is 19.2. The molecule has 0 aliphatic carbocycles. The highest BCUT2D eigenvalue weighted by molar-refractivity contribution is 5.73. The van der Waals surface area contributed by atoms with Crippen LogP contribution in [0.5, 0.6) is 0 Å². The molecule has 0 saturated carbocycles. The Kier molecular flexibility index (Phi) is 7.36. The van der Waals surface area contributed by atoms with Gasteiger partial charge in [0.2, 0.25) is 5.91 Å². The van der Waals surface area contributed by atoms with E-state index in [9.17, 15) is 18.0 Å².